The van der Waals surface area contributed by atoms with Gasteiger partial charge in [0.25, 0.3) is 0 Å². The second-order valence-corrected chi connectivity index (χ2v) is 5.01. The average Bonchev–Trinajstić information content (AvgIpc) is 2.63. The van der Waals surface area contributed by atoms with Crippen LogP contribution in [-0.4, -0.2) is 13.1 Å². The van der Waals surface area contributed by atoms with E-state index in [-0.39, 0.29) is 5.97 Å². The summed E-state index contributed by atoms with van der Waals surface area (Å²) in [6.45, 7) is 0. The number of carbonyl (C=O) groups excluding carboxylic acids is 1. The summed E-state index contributed by atoms with van der Waals surface area (Å²) in [6, 6.07) is 24.3. The highest BCUT2D eigenvalue weighted by Gasteiger charge is 2.08. The summed E-state index contributed by atoms with van der Waals surface area (Å²) in [4.78, 5) is 12.1. The van der Waals surface area contributed by atoms with Crippen LogP contribution in [0.2, 0.25) is 0 Å². The van der Waals surface area contributed by atoms with Gasteiger partial charge in [-0.25, -0.2) is 4.79 Å². The fraction of sp³-hybridized carbons (Fsp3) is 0.0500. The maximum atomic E-state index is 12.1. The van der Waals surface area contributed by atoms with Crippen LogP contribution in [0.15, 0.2) is 78.9 Å². The Kier molecular flexibility index (Phi) is 4.39. The van der Waals surface area contributed by atoms with Gasteiger partial charge in [-0.05, 0) is 47.5 Å². The summed E-state index contributed by atoms with van der Waals surface area (Å²) >= 11 is 0. The van der Waals surface area contributed by atoms with E-state index in [1.54, 1.807) is 43.5 Å². The predicted molar refractivity (Wildman–Crippen MR) is 89.8 cm³/mol. The molecule has 0 spiro atoms. The number of esters is 1. The summed E-state index contributed by atoms with van der Waals surface area (Å²) in [5, 5.41) is 0. The Hall–Kier alpha value is -3.07. The molecule has 0 unspecified atom stereocenters. The fourth-order valence-electron chi connectivity index (χ4n) is 2.24. The van der Waals surface area contributed by atoms with Gasteiger partial charge in [-0.2, -0.15) is 0 Å². The summed E-state index contributed by atoms with van der Waals surface area (Å²) < 4.78 is 10.5. The van der Waals surface area contributed by atoms with Crippen LogP contribution in [0.25, 0.3) is 11.1 Å². The van der Waals surface area contributed by atoms with Crippen molar-refractivity contribution in [1.29, 1.82) is 0 Å². The first-order chi connectivity index (χ1) is 11.3. The predicted octanol–water partition coefficient (Wildman–Crippen LogP) is 4.58. The molecule has 0 radical (unpaired) electrons. The zero-order valence-electron chi connectivity index (χ0n) is 12.7. The van der Waals surface area contributed by atoms with E-state index in [4.69, 9.17) is 9.47 Å². The van der Waals surface area contributed by atoms with Crippen molar-refractivity contribution in [1.82, 2.24) is 0 Å². The maximum absolute atomic E-state index is 12.1. The quantitative estimate of drug-likeness (QED) is 0.523. The molecule has 114 valence electrons. The summed E-state index contributed by atoms with van der Waals surface area (Å²) in [5.41, 5.74) is 2.69. The SMILES string of the molecule is COc1ccc(C(=O)Oc2ccc(-c3ccccc3)cc2)cc1. The average molecular weight is 304 g/mol. The van der Waals surface area contributed by atoms with Crippen molar-refractivity contribution in [3.05, 3.63) is 84.4 Å². The molecule has 0 atom stereocenters. The molecule has 0 aromatic heterocycles. The molecule has 3 heteroatoms. The molecule has 0 bridgehead atoms. The molecule has 3 aromatic rings. The normalized spacial score (nSPS) is 10.1. The van der Waals surface area contributed by atoms with Gasteiger partial charge in [0.1, 0.15) is 11.5 Å². The number of hydrogen-bond donors (Lipinski definition) is 0. The van der Waals surface area contributed by atoms with E-state index in [0.717, 1.165) is 11.1 Å². The molecule has 0 N–H and O–H groups in total. The number of hydrogen-bond acceptors (Lipinski definition) is 3. The lowest BCUT2D eigenvalue weighted by atomic mass is 10.1. The molecule has 0 amide bonds. The minimum Gasteiger partial charge on any atom is -0.497 e. The van der Waals surface area contributed by atoms with Crippen LogP contribution in [0, 0.1) is 0 Å². The van der Waals surface area contributed by atoms with Crippen LogP contribution in [0.4, 0.5) is 0 Å². The number of carbonyl (C=O) groups is 1. The minimum atomic E-state index is -0.389. The molecule has 0 heterocycles. The van der Waals surface area contributed by atoms with Crippen LogP contribution < -0.4 is 9.47 Å². The highest BCUT2D eigenvalue weighted by atomic mass is 16.5. The highest BCUT2D eigenvalue weighted by molar-refractivity contribution is 5.91. The molecule has 3 rings (SSSR count). The van der Waals surface area contributed by atoms with Crippen molar-refractivity contribution in [3.8, 4) is 22.6 Å². The van der Waals surface area contributed by atoms with Gasteiger partial charge in [0.05, 0.1) is 12.7 Å². The van der Waals surface area contributed by atoms with Gasteiger partial charge in [-0.1, -0.05) is 42.5 Å². The Morgan fingerprint density at radius 2 is 1.26 bits per heavy atom. The van der Waals surface area contributed by atoms with Crippen molar-refractivity contribution >= 4 is 5.97 Å². The number of methoxy groups -OCH3 is 1. The van der Waals surface area contributed by atoms with E-state index in [1.165, 1.54) is 0 Å². The topological polar surface area (TPSA) is 35.5 Å². The first-order valence-corrected chi connectivity index (χ1v) is 7.28. The molecule has 0 aliphatic carbocycles. The van der Waals surface area contributed by atoms with Crippen molar-refractivity contribution in [3.63, 3.8) is 0 Å². The van der Waals surface area contributed by atoms with Crippen LogP contribution in [0.3, 0.4) is 0 Å². The van der Waals surface area contributed by atoms with Gasteiger partial charge in [0, 0.05) is 0 Å². The summed E-state index contributed by atoms with van der Waals surface area (Å²) in [6.07, 6.45) is 0. The minimum absolute atomic E-state index is 0.389. The maximum Gasteiger partial charge on any atom is 0.343 e. The van der Waals surface area contributed by atoms with Crippen LogP contribution in [-0.2, 0) is 0 Å². The molecule has 0 saturated carbocycles. The lowest BCUT2D eigenvalue weighted by Crippen LogP contribution is -2.08. The van der Waals surface area contributed by atoms with Crippen LogP contribution in [0.5, 0.6) is 11.5 Å². The lowest BCUT2D eigenvalue weighted by Gasteiger charge is -2.07. The lowest BCUT2D eigenvalue weighted by molar-refractivity contribution is 0.0735. The first-order valence-electron chi connectivity index (χ1n) is 7.28. The fourth-order valence-corrected chi connectivity index (χ4v) is 2.24. The van der Waals surface area contributed by atoms with Gasteiger partial charge in [0.15, 0.2) is 0 Å². The van der Waals surface area contributed by atoms with Gasteiger partial charge in [-0.15, -0.1) is 0 Å². The van der Waals surface area contributed by atoms with Crippen molar-refractivity contribution < 1.29 is 14.3 Å². The first kappa shape index (κ1) is 14.9. The summed E-state index contributed by atoms with van der Waals surface area (Å²) in [7, 11) is 1.58. The molecular weight excluding hydrogens is 288 g/mol. The number of benzene rings is 3. The second-order valence-electron chi connectivity index (χ2n) is 5.01. The van der Waals surface area contributed by atoms with Crippen LogP contribution in [0.1, 0.15) is 10.4 Å². The van der Waals surface area contributed by atoms with E-state index < -0.39 is 0 Å². The van der Waals surface area contributed by atoms with E-state index in [9.17, 15) is 4.79 Å². The van der Waals surface area contributed by atoms with Gasteiger partial charge in [-0.3, -0.25) is 0 Å². The van der Waals surface area contributed by atoms with E-state index in [0.29, 0.717) is 17.1 Å². The van der Waals surface area contributed by atoms with E-state index in [2.05, 4.69) is 0 Å². The summed E-state index contributed by atoms with van der Waals surface area (Å²) in [5.74, 6) is 0.833. The van der Waals surface area contributed by atoms with E-state index >= 15 is 0 Å². The van der Waals surface area contributed by atoms with Gasteiger partial charge < -0.3 is 9.47 Å². The molecule has 23 heavy (non-hydrogen) atoms. The zero-order chi connectivity index (χ0) is 16.1. The van der Waals surface area contributed by atoms with E-state index in [1.807, 2.05) is 42.5 Å². The standard InChI is InChI=1S/C20H16O3/c1-22-18-11-9-17(10-12-18)20(21)23-19-13-7-16(8-14-19)15-5-3-2-4-6-15/h2-14H,1H3. The zero-order valence-corrected chi connectivity index (χ0v) is 12.7. The van der Waals surface area contributed by atoms with Gasteiger partial charge in [0.2, 0.25) is 0 Å². The van der Waals surface area contributed by atoms with Gasteiger partial charge >= 0.3 is 5.97 Å². The molecule has 0 aliphatic rings. The van der Waals surface area contributed by atoms with Crippen molar-refractivity contribution in [2.45, 2.75) is 0 Å². The van der Waals surface area contributed by atoms with Crippen LogP contribution >= 0.6 is 0 Å². The Morgan fingerprint density at radius 3 is 1.87 bits per heavy atom. The Balaban J connectivity index is 1.71. The third-order valence-corrected chi connectivity index (χ3v) is 3.50. The largest absolute Gasteiger partial charge is 0.497 e. The molecule has 0 fully saturated rings. The Labute approximate surface area is 135 Å². The number of ether oxygens (including phenoxy) is 2. The second kappa shape index (κ2) is 6.79. The monoisotopic (exact) mass is 304 g/mol. The van der Waals surface area contributed by atoms with Crippen molar-refractivity contribution in [2.24, 2.45) is 0 Å². The van der Waals surface area contributed by atoms with Crippen molar-refractivity contribution in [2.75, 3.05) is 7.11 Å². The molecule has 3 aromatic carbocycles. The third-order valence-electron chi connectivity index (χ3n) is 3.50. The Bertz CT molecular complexity index is 775. The Morgan fingerprint density at radius 1 is 0.696 bits per heavy atom. The molecule has 0 saturated heterocycles. The third kappa shape index (κ3) is 3.58. The molecule has 3 nitrogen and oxygen atoms in total. The molecular formula is C20H16O3. The molecule has 0 aliphatic heterocycles. The number of rotatable bonds is 4. The smallest absolute Gasteiger partial charge is 0.343 e. The highest BCUT2D eigenvalue weighted by Crippen LogP contribution is 2.22.